The molecule has 0 N–H and O–H groups in total. The molecule has 0 radical (unpaired) electrons. The maximum Gasteiger partial charge on any atom is 0.228 e. The van der Waals surface area contributed by atoms with Crippen LogP contribution in [0.2, 0.25) is 10.0 Å². The van der Waals surface area contributed by atoms with Gasteiger partial charge in [0.1, 0.15) is 11.4 Å². The van der Waals surface area contributed by atoms with E-state index in [1.54, 1.807) is 36.4 Å². The van der Waals surface area contributed by atoms with Crippen LogP contribution in [0, 0.1) is 0 Å². The summed E-state index contributed by atoms with van der Waals surface area (Å²) in [5.41, 5.74) is 1.38. The zero-order valence-electron chi connectivity index (χ0n) is 15.7. The van der Waals surface area contributed by atoms with Crippen molar-refractivity contribution in [3.05, 3.63) is 75.0 Å². The summed E-state index contributed by atoms with van der Waals surface area (Å²) in [7, 11) is 0. The van der Waals surface area contributed by atoms with Crippen LogP contribution >= 0.6 is 23.2 Å². The third-order valence-corrected chi connectivity index (χ3v) is 5.93. The molecule has 1 amide bonds. The first-order valence-corrected chi connectivity index (χ1v) is 10.1. The van der Waals surface area contributed by atoms with Crippen LogP contribution in [0.25, 0.3) is 0 Å². The van der Waals surface area contributed by atoms with Crippen LogP contribution in [-0.4, -0.2) is 35.5 Å². The molecule has 1 aliphatic carbocycles. The number of Topliss-reactive ketones (excluding diaryl/α,β-unsaturated/α-hetero) is 2. The van der Waals surface area contributed by atoms with Crippen LogP contribution in [0.3, 0.4) is 0 Å². The van der Waals surface area contributed by atoms with E-state index < -0.39 is 5.91 Å². The van der Waals surface area contributed by atoms with Crippen LogP contribution in [0.1, 0.15) is 40.5 Å². The minimum absolute atomic E-state index is 0.0708. The van der Waals surface area contributed by atoms with E-state index in [1.807, 2.05) is 4.90 Å². The van der Waals surface area contributed by atoms with E-state index in [9.17, 15) is 14.4 Å². The largest absolute Gasteiger partial charge is 0.367 e. The van der Waals surface area contributed by atoms with Crippen LogP contribution in [0.15, 0.2) is 53.9 Å². The Morgan fingerprint density at radius 3 is 2.14 bits per heavy atom. The monoisotopic (exact) mass is 428 g/mol. The highest BCUT2D eigenvalue weighted by atomic mass is 35.5. The molecule has 29 heavy (non-hydrogen) atoms. The Morgan fingerprint density at radius 2 is 1.55 bits per heavy atom. The number of allylic oxidation sites excluding steroid dienone is 2. The third kappa shape index (κ3) is 3.34. The average molecular weight is 429 g/mol. The van der Waals surface area contributed by atoms with Gasteiger partial charge in [-0.15, -0.1) is 0 Å². The van der Waals surface area contributed by atoms with Gasteiger partial charge >= 0.3 is 0 Å². The molecule has 1 saturated heterocycles. The van der Waals surface area contributed by atoms with Crippen LogP contribution in [0.4, 0.5) is 5.69 Å². The molecule has 1 fully saturated rings. The molecule has 0 spiro atoms. The van der Waals surface area contributed by atoms with Crippen molar-refractivity contribution in [2.24, 2.45) is 0 Å². The van der Waals surface area contributed by atoms with Crippen molar-refractivity contribution in [3.63, 3.8) is 0 Å². The van der Waals surface area contributed by atoms with Gasteiger partial charge < -0.3 is 4.90 Å². The maximum atomic E-state index is 13.5. The van der Waals surface area contributed by atoms with Crippen molar-refractivity contribution in [2.45, 2.75) is 19.8 Å². The number of nitrogens with zero attached hydrogens (tertiary/aromatic N) is 2. The van der Waals surface area contributed by atoms with Crippen LogP contribution < -0.4 is 4.90 Å². The Hall–Kier alpha value is -2.63. The molecule has 148 valence electrons. The van der Waals surface area contributed by atoms with Gasteiger partial charge in [-0.25, -0.2) is 0 Å². The summed E-state index contributed by atoms with van der Waals surface area (Å²) in [6.07, 6.45) is 1.85. The first-order chi connectivity index (χ1) is 13.9. The first kappa shape index (κ1) is 19.7. The van der Waals surface area contributed by atoms with E-state index in [1.165, 1.54) is 17.9 Å². The SMILES string of the molecule is CC(=O)N(C1=C(N2CCCC2)C(=O)c2ccccc2C1=O)c1ccc(Cl)c(Cl)c1. The van der Waals surface area contributed by atoms with Gasteiger partial charge in [-0.3, -0.25) is 19.3 Å². The number of fused-ring (bicyclic) bond motifs is 1. The lowest BCUT2D eigenvalue weighted by atomic mass is 9.89. The van der Waals surface area contributed by atoms with Crippen molar-refractivity contribution in [3.8, 4) is 0 Å². The number of benzene rings is 2. The minimum atomic E-state index is -0.393. The number of hydrogen-bond donors (Lipinski definition) is 0. The van der Waals surface area contributed by atoms with Crippen LogP contribution in [-0.2, 0) is 4.79 Å². The summed E-state index contributed by atoms with van der Waals surface area (Å²) in [5, 5.41) is 0.595. The van der Waals surface area contributed by atoms with Gasteiger partial charge in [0.2, 0.25) is 17.5 Å². The van der Waals surface area contributed by atoms with E-state index in [-0.39, 0.29) is 28.0 Å². The fourth-order valence-electron chi connectivity index (χ4n) is 3.88. The fraction of sp³-hybridized carbons (Fsp3) is 0.227. The number of anilines is 1. The van der Waals surface area contributed by atoms with Gasteiger partial charge in [-0.2, -0.15) is 0 Å². The smallest absolute Gasteiger partial charge is 0.228 e. The maximum absolute atomic E-state index is 13.5. The van der Waals surface area contributed by atoms with Gasteiger partial charge in [0.05, 0.1) is 15.7 Å². The zero-order chi connectivity index (χ0) is 20.7. The molecule has 7 heteroatoms. The minimum Gasteiger partial charge on any atom is -0.367 e. The first-order valence-electron chi connectivity index (χ1n) is 9.33. The van der Waals surface area contributed by atoms with Crippen LogP contribution in [0.5, 0.6) is 0 Å². The van der Waals surface area contributed by atoms with Crippen molar-refractivity contribution in [2.75, 3.05) is 18.0 Å². The lowest BCUT2D eigenvalue weighted by Gasteiger charge is -2.33. The molecule has 0 unspecified atom stereocenters. The molecule has 0 bridgehead atoms. The molecule has 2 aromatic carbocycles. The lowest BCUT2D eigenvalue weighted by molar-refractivity contribution is -0.116. The third-order valence-electron chi connectivity index (χ3n) is 5.19. The second-order valence-corrected chi connectivity index (χ2v) is 7.86. The Bertz CT molecular complexity index is 1070. The molecule has 2 aromatic rings. The predicted octanol–water partition coefficient (Wildman–Crippen LogP) is 4.73. The van der Waals surface area contributed by atoms with Crippen molar-refractivity contribution < 1.29 is 14.4 Å². The standard InChI is InChI=1S/C22H18Cl2N2O3/c1-13(27)26(14-8-9-17(23)18(24)12-14)20-19(25-10-4-5-11-25)21(28)15-6-2-3-7-16(15)22(20)29/h2-3,6-9,12H,4-5,10-11H2,1H3. The predicted molar refractivity (Wildman–Crippen MR) is 113 cm³/mol. The van der Waals surface area contributed by atoms with E-state index in [0.29, 0.717) is 34.9 Å². The Kier molecular flexibility index (Phi) is 5.19. The van der Waals surface area contributed by atoms with Gasteiger partial charge in [0.25, 0.3) is 0 Å². The molecule has 0 atom stereocenters. The molecule has 2 aliphatic rings. The number of carbonyl (C=O) groups excluding carboxylic acids is 3. The molecule has 5 nitrogen and oxygen atoms in total. The van der Waals surface area contributed by atoms with Gasteiger partial charge in [-0.05, 0) is 31.0 Å². The molecule has 0 aromatic heterocycles. The summed E-state index contributed by atoms with van der Waals surface area (Å²) >= 11 is 12.2. The van der Waals surface area contributed by atoms with Gasteiger partial charge in [-0.1, -0.05) is 47.5 Å². The number of rotatable bonds is 3. The van der Waals surface area contributed by atoms with Crippen molar-refractivity contribution in [1.29, 1.82) is 0 Å². The quantitative estimate of drug-likeness (QED) is 0.708. The number of ketones is 2. The van der Waals surface area contributed by atoms with Gasteiger partial charge in [0.15, 0.2) is 0 Å². The summed E-state index contributed by atoms with van der Waals surface area (Å²) in [6, 6.07) is 11.4. The highest BCUT2D eigenvalue weighted by molar-refractivity contribution is 6.42. The summed E-state index contributed by atoms with van der Waals surface area (Å²) in [6.45, 7) is 2.68. The van der Waals surface area contributed by atoms with E-state index in [0.717, 1.165) is 12.8 Å². The molecular formula is C22H18Cl2N2O3. The molecule has 4 rings (SSSR count). The van der Waals surface area contributed by atoms with E-state index >= 15 is 0 Å². The summed E-state index contributed by atoms with van der Waals surface area (Å²) in [5.74, 6) is -0.998. The normalized spacial score (nSPS) is 16.3. The lowest BCUT2D eigenvalue weighted by Crippen LogP contribution is -2.41. The fourth-order valence-corrected chi connectivity index (χ4v) is 4.18. The second-order valence-electron chi connectivity index (χ2n) is 7.05. The molecule has 1 aliphatic heterocycles. The number of carbonyl (C=O) groups is 3. The number of likely N-dealkylation sites (tertiary alicyclic amines) is 1. The summed E-state index contributed by atoms with van der Waals surface area (Å²) in [4.78, 5) is 42.8. The topological polar surface area (TPSA) is 57.7 Å². The average Bonchev–Trinajstić information content (AvgIpc) is 3.23. The van der Waals surface area contributed by atoms with E-state index in [2.05, 4.69) is 0 Å². The Labute approximate surface area is 178 Å². The number of amides is 1. The molecular weight excluding hydrogens is 411 g/mol. The van der Waals surface area contributed by atoms with Gasteiger partial charge in [0, 0.05) is 31.1 Å². The van der Waals surface area contributed by atoms with E-state index in [4.69, 9.17) is 23.2 Å². The Balaban J connectivity index is 1.97. The number of halogens is 2. The zero-order valence-corrected chi connectivity index (χ0v) is 17.3. The highest BCUT2D eigenvalue weighted by Crippen LogP contribution is 2.36. The highest BCUT2D eigenvalue weighted by Gasteiger charge is 2.40. The number of hydrogen-bond acceptors (Lipinski definition) is 4. The molecule has 0 saturated carbocycles. The molecule has 1 heterocycles. The van der Waals surface area contributed by atoms with Crippen molar-refractivity contribution >= 4 is 46.4 Å². The van der Waals surface area contributed by atoms with Crippen molar-refractivity contribution in [1.82, 2.24) is 4.90 Å². The second kappa shape index (κ2) is 7.65. The Morgan fingerprint density at radius 1 is 0.931 bits per heavy atom. The summed E-state index contributed by atoms with van der Waals surface area (Å²) < 4.78 is 0.